The molecule has 0 aliphatic carbocycles. The van der Waals surface area contributed by atoms with E-state index in [1.807, 2.05) is 35.2 Å². The molecule has 1 aliphatic rings. The molecule has 0 saturated carbocycles. The number of hydrogen-bond donors (Lipinski definition) is 0. The zero-order chi connectivity index (χ0) is 24.8. The molecule has 2 aromatic carbocycles. The maximum Gasteiger partial charge on any atom is 0.254 e. The number of rotatable bonds is 9. The van der Waals surface area contributed by atoms with Crippen LogP contribution in [-0.2, 0) is 11.2 Å². The number of nitrogens with zero attached hydrogens (tertiary/aromatic N) is 2. The van der Waals surface area contributed by atoms with Crippen molar-refractivity contribution in [3.05, 3.63) is 87.1 Å². The monoisotopic (exact) mass is 510 g/mol. The van der Waals surface area contributed by atoms with Gasteiger partial charge in [0.25, 0.3) is 5.91 Å². The summed E-state index contributed by atoms with van der Waals surface area (Å²) < 4.78 is 6.08. The van der Waals surface area contributed by atoms with Crippen LogP contribution < -0.4 is 4.74 Å². The third kappa shape index (κ3) is 6.24. The Balaban J connectivity index is 1.53. The van der Waals surface area contributed by atoms with Gasteiger partial charge in [0.15, 0.2) is 0 Å². The number of halogens is 1. The highest BCUT2D eigenvalue weighted by Crippen LogP contribution is 2.34. The van der Waals surface area contributed by atoms with Crippen molar-refractivity contribution in [2.75, 3.05) is 26.2 Å². The Labute approximate surface area is 216 Å². The van der Waals surface area contributed by atoms with E-state index in [2.05, 4.69) is 25.3 Å². The van der Waals surface area contributed by atoms with Crippen LogP contribution in [0.3, 0.4) is 0 Å². The van der Waals surface area contributed by atoms with Gasteiger partial charge in [0.2, 0.25) is 5.91 Å². The van der Waals surface area contributed by atoms with E-state index in [0.29, 0.717) is 41.9 Å². The molecule has 0 bridgehead atoms. The number of benzene rings is 2. The molecule has 1 aromatic heterocycles. The second kappa shape index (κ2) is 11.7. The van der Waals surface area contributed by atoms with Crippen molar-refractivity contribution in [1.29, 1.82) is 0 Å². The van der Waals surface area contributed by atoms with Crippen LogP contribution in [0.25, 0.3) is 0 Å². The van der Waals surface area contributed by atoms with Crippen molar-refractivity contribution in [1.82, 2.24) is 9.80 Å². The number of ether oxygens (including phenoxy) is 1. The quantitative estimate of drug-likeness (QED) is 0.350. The first-order chi connectivity index (χ1) is 17.0. The summed E-state index contributed by atoms with van der Waals surface area (Å²) in [6.07, 6.45) is 1.75. The molecule has 4 rings (SSSR count). The molecular formula is C28H31ClN2O3S. The van der Waals surface area contributed by atoms with Gasteiger partial charge in [0.05, 0.1) is 6.04 Å². The molecule has 1 aliphatic heterocycles. The lowest BCUT2D eigenvalue weighted by atomic mass is 10.00. The predicted molar refractivity (Wildman–Crippen MR) is 141 cm³/mol. The van der Waals surface area contributed by atoms with E-state index in [-0.39, 0.29) is 24.4 Å². The number of thiophene rings is 1. The van der Waals surface area contributed by atoms with Crippen molar-refractivity contribution in [3.8, 4) is 5.75 Å². The summed E-state index contributed by atoms with van der Waals surface area (Å²) in [6, 6.07) is 18.3. The lowest BCUT2D eigenvalue weighted by Crippen LogP contribution is -2.48. The Bertz CT molecular complexity index is 1130. The Morgan fingerprint density at radius 1 is 1.14 bits per heavy atom. The molecule has 5 nitrogen and oxygen atoms in total. The van der Waals surface area contributed by atoms with Gasteiger partial charge in [0.1, 0.15) is 18.9 Å². The van der Waals surface area contributed by atoms with Gasteiger partial charge < -0.3 is 14.5 Å². The maximum absolute atomic E-state index is 13.7. The van der Waals surface area contributed by atoms with Crippen molar-refractivity contribution in [2.24, 2.45) is 5.92 Å². The van der Waals surface area contributed by atoms with E-state index in [1.54, 1.807) is 40.5 Å². The zero-order valence-corrected chi connectivity index (χ0v) is 21.7. The van der Waals surface area contributed by atoms with Crippen LogP contribution in [0.5, 0.6) is 5.75 Å². The molecule has 35 heavy (non-hydrogen) atoms. The van der Waals surface area contributed by atoms with Crippen LogP contribution >= 0.6 is 22.9 Å². The maximum atomic E-state index is 13.7. The number of fused-ring (bicyclic) bond motifs is 1. The van der Waals surface area contributed by atoms with Gasteiger partial charge in [-0.3, -0.25) is 9.59 Å². The van der Waals surface area contributed by atoms with E-state index in [1.165, 1.54) is 4.88 Å². The van der Waals surface area contributed by atoms with E-state index in [9.17, 15) is 9.59 Å². The SMILES string of the molecule is CC[C@@H](C)CN(CC(=O)N1CCc2sccc2[C@H]1COc1ccc(Cl)cc1)C(=O)c1ccccc1. The molecule has 7 heteroatoms. The summed E-state index contributed by atoms with van der Waals surface area (Å²) in [5.74, 6) is 0.840. The lowest BCUT2D eigenvalue weighted by molar-refractivity contribution is -0.135. The molecule has 0 radical (unpaired) electrons. The molecule has 0 fully saturated rings. The van der Waals surface area contributed by atoms with Crippen LogP contribution in [0.2, 0.25) is 5.02 Å². The first-order valence-corrected chi connectivity index (χ1v) is 13.3. The summed E-state index contributed by atoms with van der Waals surface area (Å²) in [6.45, 7) is 5.75. The minimum absolute atomic E-state index is 0.0506. The van der Waals surface area contributed by atoms with E-state index in [0.717, 1.165) is 18.4 Å². The van der Waals surface area contributed by atoms with Crippen molar-refractivity contribution >= 4 is 34.8 Å². The molecule has 2 heterocycles. The van der Waals surface area contributed by atoms with Crippen molar-refractivity contribution < 1.29 is 14.3 Å². The largest absolute Gasteiger partial charge is 0.491 e. The third-order valence-electron chi connectivity index (χ3n) is 6.50. The molecule has 2 atom stereocenters. The third-order valence-corrected chi connectivity index (χ3v) is 7.75. The summed E-state index contributed by atoms with van der Waals surface area (Å²) in [5, 5.41) is 2.72. The minimum Gasteiger partial charge on any atom is -0.491 e. The molecule has 2 amide bonds. The minimum atomic E-state index is -0.203. The fourth-order valence-corrected chi connectivity index (χ4v) is 5.38. The summed E-state index contributed by atoms with van der Waals surface area (Å²) in [7, 11) is 0. The van der Waals surface area contributed by atoms with E-state index >= 15 is 0 Å². The lowest BCUT2D eigenvalue weighted by Gasteiger charge is -2.37. The van der Waals surface area contributed by atoms with Crippen molar-refractivity contribution in [3.63, 3.8) is 0 Å². The Hall–Kier alpha value is -2.83. The smallest absolute Gasteiger partial charge is 0.254 e. The Morgan fingerprint density at radius 3 is 2.60 bits per heavy atom. The fraction of sp³-hybridized carbons (Fsp3) is 0.357. The first kappa shape index (κ1) is 25.3. The van der Waals surface area contributed by atoms with Crippen molar-refractivity contribution in [2.45, 2.75) is 32.7 Å². The topological polar surface area (TPSA) is 49.9 Å². The molecule has 184 valence electrons. The Kier molecular flexibility index (Phi) is 8.47. The van der Waals surface area contributed by atoms with Gasteiger partial charge in [0, 0.05) is 28.6 Å². The standard InChI is InChI=1S/C28H31ClN2O3S/c1-3-20(2)17-30(28(33)21-7-5-4-6-8-21)18-27(32)31-15-13-26-24(14-16-35-26)25(31)19-34-23-11-9-22(29)10-12-23/h4-12,14,16,20,25H,3,13,15,17-19H2,1-2H3/t20-,25-/m1/s1. The van der Waals surface area contributed by atoms with Crippen LogP contribution in [-0.4, -0.2) is 47.9 Å². The molecule has 3 aromatic rings. The zero-order valence-electron chi connectivity index (χ0n) is 20.2. The summed E-state index contributed by atoms with van der Waals surface area (Å²) in [4.78, 5) is 31.9. The average Bonchev–Trinajstić information content (AvgIpc) is 3.37. The van der Waals surface area contributed by atoms with Gasteiger partial charge in [-0.15, -0.1) is 11.3 Å². The summed E-state index contributed by atoms with van der Waals surface area (Å²) in [5.41, 5.74) is 1.73. The first-order valence-electron chi connectivity index (χ1n) is 12.0. The van der Waals surface area contributed by atoms with Gasteiger partial charge in [-0.1, -0.05) is 50.1 Å². The normalized spacial score (nSPS) is 15.9. The molecule has 0 unspecified atom stereocenters. The average molecular weight is 511 g/mol. The highest BCUT2D eigenvalue weighted by atomic mass is 35.5. The van der Waals surface area contributed by atoms with Gasteiger partial charge >= 0.3 is 0 Å². The highest BCUT2D eigenvalue weighted by molar-refractivity contribution is 7.10. The second-order valence-corrected chi connectivity index (χ2v) is 10.4. The van der Waals surface area contributed by atoms with Crippen LogP contribution in [0.1, 0.15) is 47.1 Å². The van der Waals surface area contributed by atoms with Gasteiger partial charge in [-0.2, -0.15) is 0 Å². The highest BCUT2D eigenvalue weighted by Gasteiger charge is 2.34. The molecule has 0 N–H and O–H groups in total. The van der Waals surface area contributed by atoms with Crippen LogP contribution in [0.15, 0.2) is 66.0 Å². The number of amides is 2. The van der Waals surface area contributed by atoms with Gasteiger partial charge in [-0.05, 0) is 65.7 Å². The number of carbonyl (C=O) groups excluding carboxylic acids is 2. The van der Waals surface area contributed by atoms with Crippen LogP contribution in [0.4, 0.5) is 0 Å². The van der Waals surface area contributed by atoms with E-state index < -0.39 is 0 Å². The Morgan fingerprint density at radius 2 is 1.89 bits per heavy atom. The second-order valence-electron chi connectivity index (χ2n) is 8.98. The summed E-state index contributed by atoms with van der Waals surface area (Å²) >= 11 is 7.72. The number of hydrogen-bond acceptors (Lipinski definition) is 4. The molecular weight excluding hydrogens is 480 g/mol. The predicted octanol–water partition coefficient (Wildman–Crippen LogP) is 6.09. The van der Waals surface area contributed by atoms with Crippen LogP contribution in [0, 0.1) is 5.92 Å². The van der Waals surface area contributed by atoms with Gasteiger partial charge in [-0.25, -0.2) is 0 Å². The van der Waals surface area contributed by atoms with E-state index in [4.69, 9.17) is 16.3 Å². The fourth-order valence-electron chi connectivity index (χ4n) is 4.32. The number of carbonyl (C=O) groups is 2. The molecule has 0 saturated heterocycles. The molecule has 0 spiro atoms.